The van der Waals surface area contributed by atoms with Gasteiger partial charge in [0.1, 0.15) is 0 Å². The number of rotatable bonds is 4. The highest BCUT2D eigenvalue weighted by Gasteiger charge is 2.39. The molecule has 1 aromatic rings. The van der Waals surface area contributed by atoms with Gasteiger partial charge < -0.3 is 4.43 Å². The van der Waals surface area contributed by atoms with Gasteiger partial charge in [-0.2, -0.15) is 0 Å². The topological polar surface area (TPSA) is 9.23 Å². The molecule has 0 spiro atoms. The van der Waals surface area contributed by atoms with Crippen molar-refractivity contribution in [3.05, 3.63) is 34.9 Å². The minimum Gasteiger partial charge on any atom is -0.409 e. The molecule has 18 heavy (non-hydrogen) atoms. The predicted octanol–water partition coefficient (Wildman–Crippen LogP) is 5.80. The summed E-state index contributed by atoms with van der Waals surface area (Å²) in [6.45, 7) is 11.3. The van der Waals surface area contributed by atoms with Crippen molar-refractivity contribution in [2.75, 3.05) is 5.33 Å². The average molecular weight is 350 g/mol. The first-order valence-electron chi connectivity index (χ1n) is 6.16. The smallest absolute Gasteiger partial charge is 0.192 e. The van der Waals surface area contributed by atoms with Crippen molar-refractivity contribution >= 4 is 35.8 Å². The molecular formula is C14H22BrClOSi. The van der Waals surface area contributed by atoms with Crippen LogP contribution in [0.2, 0.25) is 23.2 Å². The zero-order valence-electron chi connectivity index (χ0n) is 11.8. The third kappa shape index (κ3) is 4.09. The number of hydrogen-bond acceptors (Lipinski definition) is 1. The minimum absolute atomic E-state index is 0.100. The van der Waals surface area contributed by atoms with Gasteiger partial charge in [0, 0.05) is 10.4 Å². The van der Waals surface area contributed by atoms with Crippen molar-refractivity contribution in [2.45, 2.75) is 45.0 Å². The summed E-state index contributed by atoms with van der Waals surface area (Å²) < 4.78 is 6.43. The molecule has 0 heterocycles. The molecule has 0 aliphatic carbocycles. The molecule has 0 bridgehead atoms. The Hall–Kier alpha value is 0.167. The Labute approximate surface area is 125 Å². The fraction of sp³-hybridized carbons (Fsp3) is 0.571. The molecule has 0 N–H and O–H groups in total. The first-order valence-corrected chi connectivity index (χ1v) is 10.6. The second-order valence-electron chi connectivity index (χ2n) is 6.07. The first kappa shape index (κ1) is 16.2. The quantitative estimate of drug-likeness (QED) is 0.493. The van der Waals surface area contributed by atoms with Crippen LogP contribution in [0.1, 0.15) is 32.4 Å². The molecule has 4 heteroatoms. The molecule has 1 rings (SSSR count). The van der Waals surface area contributed by atoms with Gasteiger partial charge in [-0.1, -0.05) is 60.4 Å². The van der Waals surface area contributed by atoms with Crippen LogP contribution >= 0.6 is 27.5 Å². The fourth-order valence-electron chi connectivity index (χ4n) is 1.40. The third-order valence-corrected chi connectivity index (χ3v) is 8.95. The Morgan fingerprint density at radius 1 is 1.22 bits per heavy atom. The van der Waals surface area contributed by atoms with Crippen molar-refractivity contribution in [1.82, 2.24) is 0 Å². The molecule has 1 aromatic carbocycles. The summed E-state index contributed by atoms with van der Waals surface area (Å²) in [4.78, 5) is 0. The van der Waals surface area contributed by atoms with Crippen molar-refractivity contribution in [3.63, 3.8) is 0 Å². The number of halogens is 2. The van der Waals surface area contributed by atoms with E-state index in [4.69, 9.17) is 16.0 Å². The van der Waals surface area contributed by atoms with Gasteiger partial charge in [-0.15, -0.1) is 0 Å². The van der Waals surface area contributed by atoms with Crippen LogP contribution in [0.25, 0.3) is 0 Å². The van der Waals surface area contributed by atoms with Crippen LogP contribution in [-0.2, 0) is 4.43 Å². The van der Waals surface area contributed by atoms with Gasteiger partial charge >= 0.3 is 0 Å². The average Bonchev–Trinajstić information content (AvgIpc) is 2.25. The van der Waals surface area contributed by atoms with Gasteiger partial charge in [-0.3, -0.25) is 0 Å². The molecule has 0 saturated heterocycles. The summed E-state index contributed by atoms with van der Waals surface area (Å²) >= 11 is 9.48. The third-order valence-electron chi connectivity index (χ3n) is 3.63. The maximum atomic E-state index is 6.43. The van der Waals surface area contributed by atoms with Crippen molar-refractivity contribution < 1.29 is 4.43 Å². The van der Waals surface area contributed by atoms with Gasteiger partial charge in [0.2, 0.25) is 0 Å². The van der Waals surface area contributed by atoms with E-state index in [1.165, 1.54) is 5.56 Å². The Morgan fingerprint density at radius 3 is 2.11 bits per heavy atom. The van der Waals surface area contributed by atoms with E-state index in [-0.39, 0.29) is 11.1 Å². The van der Waals surface area contributed by atoms with Gasteiger partial charge in [-0.05, 0) is 35.8 Å². The Balaban J connectivity index is 2.89. The summed E-state index contributed by atoms with van der Waals surface area (Å²) in [5.74, 6) is 0. The maximum Gasteiger partial charge on any atom is 0.192 e. The second-order valence-corrected chi connectivity index (χ2v) is 11.9. The number of hydrogen-bond donors (Lipinski definition) is 0. The van der Waals surface area contributed by atoms with E-state index in [1.54, 1.807) is 0 Å². The monoisotopic (exact) mass is 348 g/mol. The molecule has 1 unspecified atom stereocenters. The van der Waals surface area contributed by atoms with Gasteiger partial charge in [0.25, 0.3) is 0 Å². The molecule has 0 aliphatic heterocycles. The normalized spacial score (nSPS) is 14.6. The molecule has 0 aliphatic rings. The lowest BCUT2D eigenvalue weighted by atomic mass is 10.1. The zero-order valence-corrected chi connectivity index (χ0v) is 15.1. The second kappa shape index (κ2) is 6.08. The lowest BCUT2D eigenvalue weighted by molar-refractivity contribution is 0.208. The highest BCUT2D eigenvalue weighted by atomic mass is 79.9. The maximum absolute atomic E-state index is 6.43. The molecule has 0 saturated carbocycles. The highest BCUT2D eigenvalue weighted by molar-refractivity contribution is 9.09. The van der Waals surface area contributed by atoms with E-state index in [0.29, 0.717) is 0 Å². The molecule has 0 fully saturated rings. The molecule has 1 atom stereocenters. The summed E-state index contributed by atoms with van der Waals surface area (Å²) in [5.41, 5.74) is 1.18. The zero-order chi connectivity index (χ0) is 14.0. The molecule has 0 amide bonds. The standard InChI is InChI=1S/C14H22BrClOSi/c1-14(2,3)18(4,5)17-13(10-15)11-6-8-12(16)9-7-11/h6-9,13H,10H2,1-5H3. The van der Waals surface area contributed by atoms with E-state index < -0.39 is 8.32 Å². The van der Waals surface area contributed by atoms with Crippen LogP contribution in [0.15, 0.2) is 24.3 Å². The fourth-order valence-corrected chi connectivity index (χ4v) is 3.56. The van der Waals surface area contributed by atoms with E-state index in [2.05, 4.69) is 49.8 Å². The molecule has 102 valence electrons. The largest absolute Gasteiger partial charge is 0.409 e. The Morgan fingerprint density at radius 2 is 1.72 bits per heavy atom. The SMILES string of the molecule is CC(C)(C)[Si](C)(C)OC(CBr)c1ccc(Cl)cc1. The van der Waals surface area contributed by atoms with Gasteiger partial charge in [-0.25, -0.2) is 0 Å². The summed E-state index contributed by atoms with van der Waals surface area (Å²) in [7, 11) is -1.75. The molecule has 0 radical (unpaired) electrons. The van der Waals surface area contributed by atoms with Crippen LogP contribution < -0.4 is 0 Å². The van der Waals surface area contributed by atoms with E-state index in [9.17, 15) is 0 Å². The van der Waals surface area contributed by atoms with E-state index >= 15 is 0 Å². The van der Waals surface area contributed by atoms with Crippen molar-refractivity contribution in [2.24, 2.45) is 0 Å². The summed E-state index contributed by atoms with van der Waals surface area (Å²) in [5, 5.41) is 1.79. The van der Waals surface area contributed by atoms with Gasteiger partial charge in [0.05, 0.1) is 6.10 Å². The summed E-state index contributed by atoms with van der Waals surface area (Å²) in [6, 6.07) is 7.92. The van der Waals surface area contributed by atoms with E-state index in [0.717, 1.165) is 10.4 Å². The number of benzene rings is 1. The lowest BCUT2D eigenvalue weighted by Gasteiger charge is -2.39. The van der Waals surface area contributed by atoms with Gasteiger partial charge in [0.15, 0.2) is 8.32 Å². The highest BCUT2D eigenvalue weighted by Crippen LogP contribution is 2.40. The van der Waals surface area contributed by atoms with E-state index in [1.807, 2.05) is 24.3 Å². The molecular weight excluding hydrogens is 328 g/mol. The number of alkyl halides is 1. The van der Waals surface area contributed by atoms with Crippen LogP contribution in [-0.4, -0.2) is 13.6 Å². The predicted molar refractivity (Wildman–Crippen MR) is 86.3 cm³/mol. The summed E-state index contributed by atoms with van der Waals surface area (Å²) in [6.07, 6.45) is 0.100. The van der Waals surface area contributed by atoms with Crippen LogP contribution in [0.4, 0.5) is 0 Å². The van der Waals surface area contributed by atoms with Crippen LogP contribution in [0, 0.1) is 0 Å². The Bertz CT molecular complexity index is 384. The lowest BCUT2D eigenvalue weighted by Crippen LogP contribution is -2.42. The van der Waals surface area contributed by atoms with Crippen molar-refractivity contribution in [3.8, 4) is 0 Å². The first-order chi connectivity index (χ1) is 8.17. The molecule has 0 aromatic heterocycles. The molecule has 1 nitrogen and oxygen atoms in total. The van der Waals surface area contributed by atoms with Crippen molar-refractivity contribution in [1.29, 1.82) is 0 Å². The van der Waals surface area contributed by atoms with Crippen LogP contribution in [0.3, 0.4) is 0 Å². The Kier molecular flexibility index (Phi) is 5.48. The van der Waals surface area contributed by atoms with Crippen LogP contribution in [0.5, 0.6) is 0 Å². The minimum atomic E-state index is -1.75.